The lowest BCUT2D eigenvalue weighted by Crippen LogP contribution is -2.01. The minimum Gasteiger partial charge on any atom is -0.478 e. The molecule has 0 radical (unpaired) electrons. The maximum Gasteiger partial charge on any atom is 0.335 e. The van der Waals surface area contributed by atoms with Crippen molar-refractivity contribution in [1.29, 1.82) is 0 Å². The molecule has 0 spiro atoms. The third kappa shape index (κ3) is 2.79. The molecule has 0 aromatic heterocycles. The van der Waals surface area contributed by atoms with Crippen LogP contribution in [0.3, 0.4) is 0 Å². The van der Waals surface area contributed by atoms with Crippen LogP contribution in [0, 0.1) is 11.6 Å². The normalized spacial score (nSPS) is 10.2. The monoisotopic (exact) mass is 264 g/mol. The lowest BCUT2D eigenvalue weighted by atomic mass is 10.1. The molecule has 2 aromatic rings. The van der Waals surface area contributed by atoms with Crippen LogP contribution >= 0.6 is 0 Å². The number of anilines is 3. The number of carboxylic acid groups (broad SMARTS) is 1. The van der Waals surface area contributed by atoms with Crippen molar-refractivity contribution in [2.24, 2.45) is 0 Å². The molecular formula is C13H10F2N2O2. The van der Waals surface area contributed by atoms with Gasteiger partial charge in [-0.25, -0.2) is 13.6 Å². The zero-order chi connectivity index (χ0) is 14.0. The molecule has 0 heterocycles. The summed E-state index contributed by atoms with van der Waals surface area (Å²) in [6.45, 7) is 0. The number of carboxylic acids is 1. The van der Waals surface area contributed by atoms with Gasteiger partial charge >= 0.3 is 5.97 Å². The van der Waals surface area contributed by atoms with E-state index in [1.54, 1.807) is 0 Å². The fourth-order valence-corrected chi connectivity index (χ4v) is 1.53. The molecule has 2 rings (SSSR count). The smallest absolute Gasteiger partial charge is 0.335 e. The Bertz CT molecular complexity index is 645. The molecule has 98 valence electrons. The predicted octanol–water partition coefficient (Wildman–Crippen LogP) is 2.99. The highest BCUT2D eigenvalue weighted by Gasteiger charge is 2.08. The van der Waals surface area contributed by atoms with Crippen LogP contribution in [-0.4, -0.2) is 11.1 Å². The molecule has 4 N–H and O–H groups in total. The van der Waals surface area contributed by atoms with Gasteiger partial charge in [0.05, 0.1) is 16.9 Å². The van der Waals surface area contributed by atoms with Gasteiger partial charge in [0.2, 0.25) is 0 Å². The fraction of sp³-hybridized carbons (Fsp3) is 0. The van der Waals surface area contributed by atoms with Gasteiger partial charge in [0, 0.05) is 11.8 Å². The Morgan fingerprint density at radius 3 is 2.47 bits per heavy atom. The number of hydrogen-bond acceptors (Lipinski definition) is 3. The molecule has 0 unspecified atom stereocenters. The number of nitrogens with two attached hydrogens (primary N) is 1. The van der Waals surface area contributed by atoms with E-state index in [0.717, 1.165) is 12.1 Å². The summed E-state index contributed by atoms with van der Waals surface area (Å²) < 4.78 is 25.8. The van der Waals surface area contributed by atoms with Crippen LogP contribution in [0.25, 0.3) is 0 Å². The van der Waals surface area contributed by atoms with E-state index in [-0.39, 0.29) is 11.3 Å². The first kappa shape index (κ1) is 12.8. The van der Waals surface area contributed by atoms with E-state index in [0.29, 0.717) is 11.4 Å². The molecule has 6 heteroatoms. The van der Waals surface area contributed by atoms with Gasteiger partial charge in [0.1, 0.15) is 0 Å². The average Bonchev–Trinajstić information content (AvgIpc) is 2.36. The SMILES string of the molecule is Nc1ccc(C(=O)O)cc1Nc1ccc(F)c(F)c1. The van der Waals surface area contributed by atoms with Crippen LogP contribution in [0.15, 0.2) is 36.4 Å². The van der Waals surface area contributed by atoms with Gasteiger partial charge in [-0.2, -0.15) is 0 Å². The van der Waals surface area contributed by atoms with Crippen LogP contribution < -0.4 is 11.1 Å². The highest BCUT2D eigenvalue weighted by molar-refractivity contribution is 5.91. The van der Waals surface area contributed by atoms with E-state index in [1.165, 1.54) is 24.3 Å². The molecule has 0 atom stereocenters. The van der Waals surface area contributed by atoms with E-state index >= 15 is 0 Å². The molecule has 4 nitrogen and oxygen atoms in total. The lowest BCUT2D eigenvalue weighted by Gasteiger charge is -2.10. The van der Waals surface area contributed by atoms with E-state index in [9.17, 15) is 13.6 Å². The maximum absolute atomic E-state index is 13.0. The van der Waals surface area contributed by atoms with Gasteiger partial charge < -0.3 is 16.2 Å². The topological polar surface area (TPSA) is 75.4 Å². The first-order chi connectivity index (χ1) is 8.97. The predicted molar refractivity (Wildman–Crippen MR) is 67.5 cm³/mol. The van der Waals surface area contributed by atoms with Crippen LogP contribution in [-0.2, 0) is 0 Å². The second kappa shape index (κ2) is 4.93. The third-order valence-corrected chi connectivity index (χ3v) is 2.50. The summed E-state index contributed by atoms with van der Waals surface area (Å²) in [7, 11) is 0. The van der Waals surface area contributed by atoms with Crippen molar-refractivity contribution in [3.63, 3.8) is 0 Å². The Morgan fingerprint density at radius 2 is 1.84 bits per heavy atom. The first-order valence-electron chi connectivity index (χ1n) is 5.32. The molecule has 2 aromatic carbocycles. The van der Waals surface area contributed by atoms with Crippen molar-refractivity contribution in [2.45, 2.75) is 0 Å². The van der Waals surface area contributed by atoms with Crippen molar-refractivity contribution in [3.05, 3.63) is 53.6 Å². The Kier molecular flexibility index (Phi) is 3.33. The molecule has 0 amide bonds. The second-order valence-corrected chi connectivity index (χ2v) is 3.86. The van der Waals surface area contributed by atoms with E-state index in [2.05, 4.69) is 5.32 Å². The Labute approximate surface area is 107 Å². The molecule has 0 aliphatic carbocycles. The summed E-state index contributed by atoms with van der Waals surface area (Å²) in [5.41, 5.74) is 6.61. The summed E-state index contributed by atoms with van der Waals surface area (Å²) in [5.74, 6) is -3.07. The number of halogens is 2. The zero-order valence-electron chi connectivity index (χ0n) is 9.65. The van der Waals surface area contributed by atoms with Crippen LogP contribution in [0.5, 0.6) is 0 Å². The minimum absolute atomic E-state index is 0.0410. The van der Waals surface area contributed by atoms with Gasteiger partial charge in [0.25, 0.3) is 0 Å². The molecule has 0 bridgehead atoms. The molecule has 0 saturated heterocycles. The quantitative estimate of drug-likeness (QED) is 0.745. The molecule has 0 aliphatic heterocycles. The Morgan fingerprint density at radius 1 is 1.11 bits per heavy atom. The van der Waals surface area contributed by atoms with Gasteiger partial charge in [-0.15, -0.1) is 0 Å². The van der Waals surface area contributed by atoms with Gasteiger partial charge in [-0.1, -0.05) is 0 Å². The zero-order valence-corrected chi connectivity index (χ0v) is 9.65. The number of benzene rings is 2. The van der Waals surface area contributed by atoms with Crippen molar-refractivity contribution >= 4 is 23.0 Å². The van der Waals surface area contributed by atoms with E-state index in [4.69, 9.17) is 10.8 Å². The number of rotatable bonds is 3. The number of carbonyl (C=O) groups is 1. The Hall–Kier alpha value is -2.63. The number of nitrogens with one attached hydrogen (secondary N) is 1. The van der Waals surface area contributed by atoms with Gasteiger partial charge in [-0.3, -0.25) is 0 Å². The summed E-state index contributed by atoms with van der Waals surface area (Å²) in [5, 5.41) is 11.6. The Balaban J connectivity index is 2.34. The highest BCUT2D eigenvalue weighted by Crippen LogP contribution is 2.25. The van der Waals surface area contributed by atoms with Crippen LogP contribution in [0.2, 0.25) is 0 Å². The molecule has 0 aliphatic rings. The number of aromatic carboxylic acids is 1. The van der Waals surface area contributed by atoms with Crippen molar-refractivity contribution in [3.8, 4) is 0 Å². The highest BCUT2D eigenvalue weighted by atomic mass is 19.2. The summed E-state index contributed by atoms with van der Waals surface area (Å²) in [4.78, 5) is 10.8. The first-order valence-corrected chi connectivity index (χ1v) is 5.32. The number of hydrogen-bond donors (Lipinski definition) is 3. The van der Waals surface area contributed by atoms with Gasteiger partial charge in [-0.05, 0) is 30.3 Å². The fourth-order valence-electron chi connectivity index (χ4n) is 1.53. The third-order valence-electron chi connectivity index (χ3n) is 2.50. The van der Waals surface area contributed by atoms with E-state index < -0.39 is 17.6 Å². The average molecular weight is 264 g/mol. The largest absolute Gasteiger partial charge is 0.478 e. The number of nitrogen functional groups attached to an aromatic ring is 1. The van der Waals surface area contributed by atoms with Crippen molar-refractivity contribution < 1.29 is 18.7 Å². The summed E-state index contributed by atoms with van der Waals surface area (Å²) in [6, 6.07) is 7.35. The molecule has 19 heavy (non-hydrogen) atoms. The minimum atomic E-state index is -1.10. The van der Waals surface area contributed by atoms with Gasteiger partial charge in [0.15, 0.2) is 11.6 Å². The van der Waals surface area contributed by atoms with Crippen LogP contribution in [0.4, 0.5) is 25.8 Å². The molecular weight excluding hydrogens is 254 g/mol. The van der Waals surface area contributed by atoms with Crippen molar-refractivity contribution in [1.82, 2.24) is 0 Å². The van der Waals surface area contributed by atoms with E-state index in [1.807, 2.05) is 0 Å². The maximum atomic E-state index is 13.0. The van der Waals surface area contributed by atoms with Crippen LogP contribution in [0.1, 0.15) is 10.4 Å². The van der Waals surface area contributed by atoms with Crippen molar-refractivity contribution in [2.75, 3.05) is 11.1 Å². The standard InChI is InChI=1S/C13H10F2N2O2/c14-9-3-2-8(6-10(9)15)17-12-5-7(13(18)19)1-4-11(12)16/h1-6,17H,16H2,(H,18,19). The lowest BCUT2D eigenvalue weighted by molar-refractivity contribution is 0.0697. The molecule has 0 saturated carbocycles. The summed E-state index contributed by atoms with van der Waals surface area (Å²) in [6.07, 6.45) is 0. The molecule has 0 fully saturated rings. The summed E-state index contributed by atoms with van der Waals surface area (Å²) >= 11 is 0. The second-order valence-electron chi connectivity index (χ2n) is 3.86.